The number of aliphatic hydroxyl groups is 1. The number of halogens is 6. The highest BCUT2D eigenvalue weighted by molar-refractivity contribution is 4.63. The highest BCUT2D eigenvalue weighted by Gasteiger charge is 2.32. The molecule has 0 bridgehead atoms. The SMILES string of the molecule is OC(CCCC(F)(F)F)CC(F)(F)F. The molecule has 14 heavy (non-hydrogen) atoms. The Morgan fingerprint density at radius 3 is 1.79 bits per heavy atom. The van der Waals surface area contributed by atoms with Crippen molar-refractivity contribution in [2.75, 3.05) is 0 Å². The number of alkyl halides is 6. The van der Waals surface area contributed by atoms with Gasteiger partial charge in [-0.15, -0.1) is 0 Å². The van der Waals surface area contributed by atoms with E-state index in [0.29, 0.717) is 0 Å². The average Bonchev–Trinajstić information content (AvgIpc) is 1.78. The molecule has 0 aliphatic carbocycles. The molecule has 0 rings (SSSR count). The summed E-state index contributed by atoms with van der Waals surface area (Å²) in [6, 6.07) is 0. The van der Waals surface area contributed by atoms with Crippen LogP contribution < -0.4 is 0 Å². The van der Waals surface area contributed by atoms with Crippen LogP contribution >= 0.6 is 0 Å². The Morgan fingerprint density at radius 2 is 1.43 bits per heavy atom. The molecule has 86 valence electrons. The van der Waals surface area contributed by atoms with Crippen molar-refractivity contribution in [1.29, 1.82) is 0 Å². The lowest BCUT2D eigenvalue weighted by Crippen LogP contribution is -2.19. The first kappa shape index (κ1) is 13.5. The van der Waals surface area contributed by atoms with Gasteiger partial charge in [0.15, 0.2) is 0 Å². The summed E-state index contributed by atoms with van der Waals surface area (Å²) in [7, 11) is 0. The van der Waals surface area contributed by atoms with Crippen molar-refractivity contribution in [3.63, 3.8) is 0 Å². The molecular weight excluding hydrogens is 214 g/mol. The van der Waals surface area contributed by atoms with Crippen molar-refractivity contribution < 1.29 is 31.4 Å². The van der Waals surface area contributed by atoms with E-state index in [-0.39, 0.29) is 0 Å². The quantitative estimate of drug-likeness (QED) is 0.727. The maximum Gasteiger partial charge on any atom is 0.391 e. The second kappa shape index (κ2) is 4.86. The van der Waals surface area contributed by atoms with Crippen LogP contribution in [0.5, 0.6) is 0 Å². The summed E-state index contributed by atoms with van der Waals surface area (Å²) in [5, 5.41) is 8.69. The van der Waals surface area contributed by atoms with E-state index in [2.05, 4.69) is 0 Å². The monoisotopic (exact) mass is 224 g/mol. The Labute approximate surface area is 76.7 Å². The zero-order valence-corrected chi connectivity index (χ0v) is 7.12. The number of aliphatic hydroxyl groups excluding tert-OH is 1. The normalized spacial score (nSPS) is 15.6. The summed E-state index contributed by atoms with van der Waals surface area (Å²) >= 11 is 0. The van der Waals surface area contributed by atoms with Gasteiger partial charge >= 0.3 is 12.4 Å². The standard InChI is InChI=1S/C7H10F6O/c8-6(9,10)3-1-2-5(14)4-7(11,12)13/h5,14H,1-4H2. The van der Waals surface area contributed by atoms with Crippen LogP contribution in [0.1, 0.15) is 25.7 Å². The molecule has 7 heteroatoms. The van der Waals surface area contributed by atoms with Crippen molar-refractivity contribution in [2.24, 2.45) is 0 Å². The summed E-state index contributed by atoms with van der Waals surface area (Å²) in [6.45, 7) is 0. The highest BCUT2D eigenvalue weighted by atomic mass is 19.4. The van der Waals surface area contributed by atoms with Crippen molar-refractivity contribution in [3.05, 3.63) is 0 Å². The van der Waals surface area contributed by atoms with E-state index in [0.717, 1.165) is 0 Å². The molecule has 1 nitrogen and oxygen atoms in total. The highest BCUT2D eigenvalue weighted by Crippen LogP contribution is 2.26. The Kier molecular flexibility index (Phi) is 4.70. The molecule has 1 N–H and O–H groups in total. The first-order valence-electron chi connectivity index (χ1n) is 3.92. The van der Waals surface area contributed by atoms with Gasteiger partial charge in [-0.1, -0.05) is 0 Å². The third-order valence-corrected chi connectivity index (χ3v) is 1.46. The molecule has 0 aromatic heterocycles. The number of rotatable bonds is 4. The average molecular weight is 224 g/mol. The Morgan fingerprint density at radius 1 is 0.929 bits per heavy atom. The molecule has 0 fully saturated rings. The van der Waals surface area contributed by atoms with E-state index >= 15 is 0 Å². The van der Waals surface area contributed by atoms with Crippen LogP contribution in [0.15, 0.2) is 0 Å². The van der Waals surface area contributed by atoms with Crippen LogP contribution in [0.3, 0.4) is 0 Å². The molecule has 0 saturated carbocycles. The molecule has 0 spiro atoms. The molecule has 0 amide bonds. The zero-order chi connectivity index (χ0) is 11.4. The minimum absolute atomic E-state index is 0.485. The van der Waals surface area contributed by atoms with Gasteiger partial charge in [-0.2, -0.15) is 26.3 Å². The topological polar surface area (TPSA) is 20.2 Å². The van der Waals surface area contributed by atoms with Crippen molar-refractivity contribution in [2.45, 2.75) is 44.1 Å². The molecule has 1 unspecified atom stereocenters. The first-order valence-corrected chi connectivity index (χ1v) is 3.92. The maximum atomic E-state index is 11.6. The second-order valence-electron chi connectivity index (χ2n) is 2.98. The molecule has 0 aromatic rings. The molecule has 0 aromatic carbocycles. The van der Waals surface area contributed by atoms with Crippen LogP contribution in [0.2, 0.25) is 0 Å². The smallest absolute Gasteiger partial charge is 0.391 e. The summed E-state index contributed by atoms with van der Waals surface area (Å²) in [5.74, 6) is 0. The number of hydrogen-bond donors (Lipinski definition) is 1. The van der Waals surface area contributed by atoms with Crippen molar-refractivity contribution in [1.82, 2.24) is 0 Å². The fourth-order valence-electron chi connectivity index (χ4n) is 0.907. The second-order valence-corrected chi connectivity index (χ2v) is 2.98. The van der Waals surface area contributed by atoms with E-state index in [1.54, 1.807) is 0 Å². The largest absolute Gasteiger partial charge is 0.393 e. The van der Waals surface area contributed by atoms with Crippen LogP contribution in [-0.2, 0) is 0 Å². The van der Waals surface area contributed by atoms with E-state index in [4.69, 9.17) is 5.11 Å². The molecule has 0 aliphatic rings. The summed E-state index contributed by atoms with van der Waals surface area (Å²) in [6.07, 6.45) is -14.2. The lowest BCUT2D eigenvalue weighted by Gasteiger charge is -2.13. The van der Waals surface area contributed by atoms with Gasteiger partial charge in [-0.05, 0) is 12.8 Å². The predicted molar refractivity (Wildman–Crippen MR) is 36.6 cm³/mol. The first-order chi connectivity index (χ1) is 6.10. The van der Waals surface area contributed by atoms with Gasteiger partial charge in [0.2, 0.25) is 0 Å². The molecule has 0 saturated heterocycles. The molecule has 0 heterocycles. The Hall–Kier alpha value is -0.460. The lowest BCUT2D eigenvalue weighted by atomic mass is 10.1. The summed E-state index contributed by atoms with van der Waals surface area (Å²) in [4.78, 5) is 0. The van der Waals surface area contributed by atoms with E-state index in [1.807, 2.05) is 0 Å². The van der Waals surface area contributed by atoms with Gasteiger partial charge in [0.25, 0.3) is 0 Å². The fraction of sp³-hybridized carbons (Fsp3) is 1.00. The zero-order valence-electron chi connectivity index (χ0n) is 7.12. The van der Waals surface area contributed by atoms with Gasteiger partial charge in [0.1, 0.15) is 0 Å². The lowest BCUT2D eigenvalue weighted by molar-refractivity contribution is -0.156. The minimum atomic E-state index is -4.53. The third kappa shape index (κ3) is 9.63. The third-order valence-electron chi connectivity index (χ3n) is 1.46. The van der Waals surface area contributed by atoms with Crippen molar-refractivity contribution >= 4 is 0 Å². The minimum Gasteiger partial charge on any atom is -0.393 e. The molecule has 1 atom stereocenters. The van der Waals surface area contributed by atoms with Gasteiger partial charge < -0.3 is 5.11 Å². The summed E-state index contributed by atoms with van der Waals surface area (Å²) in [5.41, 5.74) is 0. The van der Waals surface area contributed by atoms with Gasteiger partial charge in [0, 0.05) is 6.42 Å². The molecule has 0 radical (unpaired) electrons. The predicted octanol–water partition coefficient (Wildman–Crippen LogP) is 3.03. The molecular formula is C7H10F6O. The van der Waals surface area contributed by atoms with E-state index in [1.165, 1.54) is 0 Å². The van der Waals surface area contributed by atoms with Crippen LogP contribution in [0.25, 0.3) is 0 Å². The van der Waals surface area contributed by atoms with Crippen molar-refractivity contribution in [3.8, 4) is 0 Å². The van der Waals surface area contributed by atoms with Crippen LogP contribution in [-0.4, -0.2) is 23.6 Å². The van der Waals surface area contributed by atoms with Gasteiger partial charge in [-0.25, -0.2) is 0 Å². The summed E-state index contributed by atoms with van der Waals surface area (Å²) < 4.78 is 69.4. The van der Waals surface area contributed by atoms with E-state index < -0.39 is 44.1 Å². The fourth-order valence-corrected chi connectivity index (χ4v) is 0.907. The number of hydrogen-bond acceptors (Lipinski definition) is 1. The van der Waals surface area contributed by atoms with E-state index in [9.17, 15) is 26.3 Å². The van der Waals surface area contributed by atoms with Gasteiger partial charge in [-0.3, -0.25) is 0 Å². The Bertz CT molecular complexity index is 161. The Balaban J connectivity index is 3.60. The van der Waals surface area contributed by atoms with Crippen LogP contribution in [0, 0.1) is 0 Å². The molecule has 0 aliphatic heterocycles. The maximum absolute atomic E-state index is 11.6. The van der Waals surface area contributed by atoms with Gasteiger partial charge in [0.05, 0.1) is 12.5 Å². The van der Waals surface area contributed by atoms with Crippen LogP contribution in [0.4, 0.5) is 26.3 Å².